The Hall–Kier alpha value is -3.78. The molecule has 4 rings (SSSR count). The second-order valence-electron chi connectivity index (χ2n) is 8.04. The normalized spacial score (nSPS) is 18.7. The van der Waals surface area contributed by atoms with Gasteiger partial charge in [-0.05, 0) is 36.6 Å². The number of fused-ring (bicyclic) bond motifs is 2. The lowest BCUT2D eigenvalue weighted by atomic mass is 9.88. The van der Waals surface area contributed by atoms with E-state index in [1.165, 1.54) is 23.2 Å². The predicted octanol–water partition coefficient (Wildman–Crippen LogP) is 2.39. The van der Waals surface area contributed by atoms with Crippen molar-refractivity contribution in [2.45, 2.75) is 25.2 Å². The van der Waals surface area contributed by atoms with Crippen LogP contribution in [-0.2, 0) is 14.8 Å². The minimum absolute atomic E-state index is 0.131. The fraction of sp³-hybridized carbons (Fsp3) is 0.318. The SMILES string of the molecule is CC(C)CCN1C(=O)C(C2=NS(=O)(=O)c3cnccc3N2)C(=O)c2cc(OCC#N)ccc21. The number of amides is 1. The van der Waals surface area contributed by atoms with Gasteiger partial charge in [-0.15, -0.1) is 4.40 Å². The number of hydrogen-bond acceptors (Lipinski definition) is 8. The number of carbonyl (C=O) groups excluding carboxylic acids is 2. The lowest BCUT2D eigenvalue weighted by Crippen LogP contribution is -2.50. The summed E-state index contributed by atoms with van der Waals surface area (Å²) in [5, 5.41) is 11.6. The molecule has 0 saturated heterocycles. The molecule has 0 aliphatic carbocycles. The standard InChI is InChI=1S/C22H21N5O5S/c1-13(2)6-9-27-17-4-3-14(32-10-7-23)11-15(17)20(28)19(22(27)29)21-25-16-5-8-24-12-18(16)33(30,31)26-21/h3-5,8,11-13,19H,6,9-10H2,1-2H3,(H,25,26). The van der Waals surface area contributed by atoms with Gasteiger partial charge in [-0.2, -0.15) is 13.7 Å². The molecule has 3 heterocycles. The molecule has 0 spiro atoms. The van der Waals surface area contributed by atoms with Crippen LogP contribution in [-0.4, -0.2) is 44.1 Å². The number of hydrogen-bond donors (Lipinski definition) is 1. The molecular formula is C22H21N5O5S. The van der Waals surface area contributed by atoms with E-state index in [0.717, 1.165) is 6.20 Å². The van der Waals surface area contributed by atoms with Crippen LogP contribution in [0.3, 0.4) is 0 Å². The highest BCUT2D eigenvalue weighted by atomic mass is 32.2. The lowest BCUT2D eigenvalue weighted by Gasteiger charge is -2.35. The van der Waals surface area contributed by atoms with E-state index in [0.29, 0.717) is 30.3 Å². The number of sulfonamides is 1. The van der Waals surface area contributed by atoms with Crippen LogP contribution in [0.4, 0.5) is 11.4 Å². The Kier molecular flexibility index (Phi) is 5.86. The van der Waals surface area contributed by atoms with E-state index in [4.69, 9.17) is 10.00 Å². The van der Waals surface area contributed by atoms with Crippen LogP contribution in [0, 0.1) is 23.2 Å². The van der Waals surface area contributed by atoms with E-state index < -0.39 is 27.6 Å². The third-order valence-corrected chi connectivity index (χ3v) is 6.67. The third-order valence-electron chi connectivity index (χ3n) is 5.35. The van der Waals surface area contributed by atoms with Crippen LogP contribution in [0.15, 0.2) is 46.0 Å². The Morgan fingerprint density at radius 2 is 2.06 bits per heavy atom. The highest BCUT2D eigenvalue weighted by molar-refractivity contribution is 7.90. The van der Waals surface area contributed by atoms with Crippen molar-refractivity contribution in [3.63, 3.8) is 0 Å². The lowest BCUT2D eigenvalue weighted by molar-refractivity contribution is -0.119. The average molecular weight is 468 g/mol. The summed E-state index contributed by atoms with van der Waals surface area (Å²) in [5.41, 5.74) is 0.803. The number of rotatable bonds is 6. The number of carbonyl (C=O) groups is 2. The third kappa shape index (κ3) is 4.17. The first-order chi connectivity index (χ1) is 15.7. The number of ketones is 1. The molecule has 1 atom stereocenters. The summed E-state index contributed by atoms with van der Waals surface area (Å²) in [5.74, 6) is -2.29. The number of anilines is 2. The van der Waals surface area contributed by atoms with Gasteiger partial charge in [-0.1, -0.05) is 13.8 Å². The first-order valence-electron chi connectivity index (χ1n) is 10.3. The summed E-state index contributed by atoms with van der Waals surface area (Å²) in [7, 11) is -4.15. The molecule has 1 aromatic heterocycles. The van der Waals surface area contributed by atoms with Crippen LogP contribution in [0.1, 0.15) is 30.6 Å². The largest absolute Gasteiger partial charge is 0.479 e. The van der Waals surface area contributed by atoms with Gasteiger partial charge in [0.2, 0.25) is 5.91 Å². The van der Waals surface area contributed by atoms with Gasteiger partial charge in [0.15, 0.2) is 18.3 Å². The second-order valence-corrected chi connectivity index (χ2v) is 9.62. The van der Waals surface area contributed by atoms with Gasteiger partial charge in [0, 0.05) is 24.5 Å². The number of benzene rings is 1. The summed E-state index contributed by atoms with van der Waals surface area (Å²) in [6, 6.07) is 7.96. The number of pyridine rings is 1. The van der Waals surface area contributed by atoms with E-state index >= 15 is 0 Å². The molecule has 10 nitrogen and oxygen atoms in total. The molecule has 33 heavy (non-hydrogen) atoms. The van der Waals surface area contributed by atoms with E-state index in [2.05, 4.69) is 14.7 Å². The summed E-state index contributed by atoms with van der Waals surface area (Å²) in [4.78, 5) is 32.1. The maximum Gasteiger partial charge on any atom is 0.287 e. The molecule has 1 unspecified atom stereocenters. The fourth-order valence-corrected chi connectivity index (χ4v) is 4.81. The van der Waals surface area contributed by atoms with Crippen molar-refractivity contribution in [2.24, 2.45) is 16.2 Å². The van der Waals surface area contributed by atoms with Crippen LogP contribution in [0.25, 0.3) is 0 Å². The molecule has 2 aliphatic heterocycles. The van der Waals surface area contributed by atoms with E-state index in [1.54, 1.807) is 12.1 Å². The number of nitriles is 1. The van der Waals surface area contributed by atoms with Crippen molar-refractivity contribution in [3.8, 4) is 11.8 Å². The second kappa shape index (κ2) is 8.63. The van der Waals surface area contributed by atoms with Gasteiger partial charge >= 0.3 is 0 Å². The van der Waals surface area contributed by atoms with Crippen molar-refractivity contribution >= 4 is 38.9 Å². The smallest absolute Gasteiger partial charge is 0.287 e. The van der Waals surface area contributed by atoms with Crippen LogP contribution in [0.2, 0.25) is 0 Å². The highest BCUT2D eigenvalue weighted by Crippen LogP contribution is 2.36. The zero-order valence-corrected chi connectivity index (χ0v) is 18.8. The van der Waals surface area contributed by atoms with Gasteiger partial charge < -0.3 is 15.0 Å². The first-order valence-corrected chi connectivity index (χ1v) is 11.7. The van der Waals surface area contributed by atoms with E-state index in [-0.39, 0.29) is 28.6 Å². The number of amidine groups is 1. The minimum Gasteiger partial charge on any atom is -0.479 e. The van der Waals surface area contributed by atoms with Gasteiger partial charge in [-0.25, -0.2) is 0 Å². The van der Waals surface area contributed by atoms with Crippen molar-refractivity contribution < 1.29 is 22.7 Å². The molecule has 2 aliphatic rings. The summed E-state index contributed by atoms with van der Waals surface area (Å²) in [6.45, 7) is 4.16. The van der Waals surface area contributed by atoms with Crippen LogP contribution in [0.5, 0.6) is 5.75 Å². The van der Waals surface area contributed by atoms with Crippen molar-refractivity contribution in [3.05, 3.63) is 42.2 Å². The zero-order valence-electron chi connectivity index (χ0n) is 18.0. The van der Waals surface area contributed by atoms with E-state index in [9.17, 15) is 18.0 Å². The van der Waals surface area contributed by atoms with Gasteiger partial charge in [0.25, 0.3) is 10.0 Å². The molecule has 1 N–H and O–H groups in total. The topological polar surface area (TPSA) is 142 Å². The minimum atomic E-state index is -4.15. The maximum atomic E-state index is 13.5. The van der Waals surface area contributed by atoms with Crippen molar-refractivity contribution in [1.82, 2.24) is 4.98 Å². The number of nitrogens with zero attached hydrogens (tertiary/aromatic N) is 4. The van der Waals surface area contributed by atoms with Gasteiger partial charge in [0.1, 0.15) is 22.5 Å². The van der Waals surface area contributed by atoms with Crippen molar-refractivity contribution in [1.29, 1.82) is 5.26 Å². The Balaban J connectivity index is 1.80. The maximum absolute atomic E-state index is 13.5. The number of Topliss-reactive ketones (excluding diaryl/α,β-unsaturated/α-hetero) is 1. The fourth-order valence-electron chi connectivity index (χ4n) is 3.71. The predicted molar refractivity (Wildman–Crippen MR) is 120 cm³/mol. The van der Waals surface area contributed by atoms with Crippen LogP contribution >= 0.6 is 0 Å². The number of nitrogens with one attached hydrogen (secondary N) is 1. The summed E-state index contributed by atoms with van der Waals surface area (Å²) in [6.07, 6.45) is 3.23. The molecule has 1 amide bonds. The van der Waals surface area contributed by atoms with Gasteiger partial charge in [-0.3, -0.25) is 14.6 Å². The van der Waals surface area contributed by atoms with Crippen LogP contribution < -0.4 is 15.0 Å². The molecule has 0 bridgehead atoms. The Bertz CT molecular complexity index is 1310. The molecule has 1 aromatic carbocycles. The van der Waals surface area contributed by atoms with E-state index in [1.807, 2.05) is 19.9 Å². The molecule has 170 valence electrons. The summed E-state index contributed by atoms with van der Waals surface area (Å²) < 4.78 is 34.5. The van der Waals surface area contributed by atoms with Gasteiger partial charge in [0.05, 0.1) is 11.4 Å². The first kappa shape index (κ1) is 22.4. The zero-order chi connectivity index (χ0) is 23.8. The summed E-state index contributed by atoms with van der Waals surface area (Å²) >= 11 is 0. The highest BCUT2D eigenvalue weighted by Gasteiger charge is 2.45. The Labute approximate surface area is 191 Å². The number of aromatic nitrogens is 1. The average Bonchev–Trinajstić information content (AvgIpc) is 2.77. The monoisotopic (exact) mass is 467 g/mol. The Morgan fingerprint density at radius 3 is 2.79 bits per heavy atom. The Morgan fingerprint density at radius 1 is 1.27 bits per heavy atom. The molecule has 0 saturated carbocycles. The number of ether oxygens (including phenoxy) is 1. The molecule has 2 aromatic rings. The molecule has 0 radical (unpaired) electrons. The molecule has 11 heteroatoms. The molecular weight excluding hydrogens is 446 g/mol. The van der Waals surface area contributed by atoms with Crippen molar-refractivity contribution in [2.75, 3.05) is 23.4 Å². The molecule has 0 fully saturated rings. The quantitative estimate of drug-likeness (QED) is 0.638.